The molecule has 5 heteroatoms. The average Bonchev–Trinajstić information content (AvgIpc) is 2.60. The van der Waals surface area contributed by atoms with E-state index in [4.69, 9.17) is 4.74 Å². The minimum absolute atomic E-state index is 0.790. The van der Waals surface area contributed by atoms with Crippen molar-refractivity contribution in [2.75, 3.05) is 7.11 Å². The molecule has 0 amide bonds. The zero-order valence-electron chi connectivity index (χ0n) is 9.36. The zero-order valence-corrected chi connectivity index (χ0v) is 10.9. The highest BCUT2D eigenvalue weighted by Gasteiger charge is 2.13. The fraction of sp³-hybridized carbons (Fsp3) is 0.273. The molecule has 0 aliphatic heterocycles. The van der Waals surface area contributed by atoms with Crippen molar-refractivity contribution >= 4 is 15.9 Å². The van der Waals surface area contributed by atoms with Gasteiger partial charge in [-0.15, -0.1) is 10.2 Å². The molecule has 0 atom stereocenters. The smallest absolute Gasteiger partial charge is 0.167 e. The summed E-state index contributed by atoms with van der Waals surface area (Å²) in [6.07, 6.45) is 0. The predicted octanol–water partition coefficient (Wildman–Crippen LogP) is 2.56. The first kappa shape index (κ1) is 11.1. The van der Waals surface area contributed by atoms with Gasteiger partial charge in [-0.25, -0.2) is 0 Å². The number of nitrogens with zero attached hydrogens (tertiary/aromatic N) is 3. The Kier molecular flexibility index (Phi) is 2.96. The van der Waals surface area contributed by atoms with Crippen LogP contribution in [-0.2, 0) is 7.05 Å². The summed E-state index contributed by atoms with van der Waals surface area (Å²) < 4.78 is 8.24. The molecule has 0 aliphatic rings. The second-order valence-corrected chi connectivity index (χ2v) is 4.39. The normalized spacial score (nSPS) is 10.5. The summed E-state index contributed by atoms with van der Waals surface area (Å²) in [6.45, 7) is 1.92. The van der Waals surface area contributed by atoms with Crippen LogP contribution < -0.4 is 4.74 Å². The molecule has 4 nitrogen and oxygen atoms in total. The van der Waals surface area contributed by atoms with Crippen molar-refractivity contribution in [3.05, 3.63) is 28.5 Å². The molecular weight excluding hydrogens is 270 g/mol. The van der Waals surface area contributed by atoms with Crippen molar-refractivity contribution in [3.8, 4) is 17.1 Å². The summed E-state index contributed by atoms with van der Waals surface area (Å²) >= 11 is 3.44. The summed E-state index contributed by atoms with van der Waals surface area (Å²) in [6, 6.07) is 5.82. The number of methoxy groups -OCH3 is 1. The molecule has 0 radical (unpaired) electrons. The van der Waals surface area contributed by atoms with Crippen LogP contribution in [0.2, 0.25) is 0 Å². The molecule has 1 aromatic carbocycles. The van der Waals surface area contributed by atoms with Crippen LogP contribution >= 0.6 is 15.9 Å². The molecule has 0 saturated carbocycles. The monoisotopic (exact) mass is 281 g/mol. The topological polar surface area (TPSA) is 39.9 Å². The minimum atomic E-state index is 0.790. The van der Waals surface area contributed by atoms with Crippen molar-refractivity contribution in [2.45, 2.75) is 6.92 Å². The Hall–Kier alpha value is -1.36. The van der Waals surface area contributed by atoms with Crippen LogP contribution in [0.5, 0.6) is 5.75 Å². The molecule has 0 bridgehead atoms. The van der Waals surface area contributed by atoms with Gasteiger partial charge in [-0.3, -0.25) is 0 Å². The van der Waals surface area contributed by atoms with Gasteiger partial charge in [-0.2, -0.15) is 0 Å². The third kappa shape index (κ3) is 1.82. The Morgan fingerprint density at radius 3 is 2.62 bits per heavy atom. The lowest BCUT2D eigenvalue weighted by Crippen LogP contribution is -1.97. The highest BCUT2D eigenvalue weighted by Crippen LogP contribution is 2.31. The Bertz CT molecular complexity index is 522. The zero-order chi connectivity index (χ0) is 11.7. The first-order valence-electron chi connectivity index (χ1n) is 4.83. The lowest BCUT2D eigenvalue weighted by Gasteiger charge is -2.08. The Morgan fingerprint density at radius 2 is 2.06 bits per heavy atom. The number of rotatable bonds is 2. The number of aromatic nitrogens is 3. The van der Waals surface area contributed by atoms with Crippen molar-refractivity contribution in [2.24, 2.45) is 7.05 Å². The molecule has 16 heavy (non-hydrogen) atoms. The van der Waals surface area contributed by atoms with E-state index in [2.05, 4.69) is 26.1 Å². The van der Waals surface area contributed by atoms with E-state index in [1.54, 1.807) is 7.11 Å². The molecule has 0 unspecified atom stereocenters. The van der Waals surface area contributed by atoms with Crippen LogP contribution in [0.15, 0.2) is 22.7 Å². The molecule has 0 aliphatic carbocycles. The number of ether oxygens (including phenoxy) is 1. The lowest BCUT2D eigenvalue weighted by molar-refractivity contribution is 0.416. The van der Waals surface area contributed by atoms with Gasteiger partial charge in [-0.05, 0) is 25.1 Å². The summed E-state index contributed by atoms with van der Waals surface area (Å²) in [5.41, 5.74) is 0.931. The number of benzene rings is 1. The highest BCUT2D eigenvalue weighted by atomic mass is 79.9. The lowest BCUT2D eigenvalue weighted by atomic mass is 10.2. The molecule has 84 valence electrons. The van der Waals surface area contributed by atoms with Gasteiger partial charge < -0.3 is 9.30 Å². The van der Waals surface area contributed by atoms with Gasteiger partial charge in [0.1, 0.15) is 11.6 Å². The molecule has 2 rings (SSSR count). The van der Waals surface area contributed by atoms with Gasteiger partial charge in [0.25, 0.3) is 0 Å². The number of hydrogen-bond acceptors (Lipinski definition) is 3. The average molecular weight is 282 g/mol. The predicted molar refractivity (Wildman–Crippen MR) is 65.4 cm³/mol. The van der Waals surface area contributed by atoms with Crippen molar-refractivity contribution in [3.63, 3.8) is 0 Å². The third-order valence-electron chi connectivity index (χ3n) is 2.49. The van der Waals surface area contributed by atoms with E-state index >= 15 is 0 Å². The SMILES string of the molecule is COc1ccc(Br)cc1-c1nnc(C)n1C. The summed E-state index contributed by atoms with van der Waals surface area (Å²) in [5.74, 6) is 2.46. The van der Waals surface area contributed by atoms with Gasteiger partial charge in [0.05, 0.1) is 12.7 Å². The maximum absolute atomic E-state index is 5.32. The Morgan fingerprint density at radius 1 is 1.31 bits per heavy atom. The molecule has 0 spiro atoms. The third-order valence-corrected chi connectivity index (χ3v) is 2.99. The van der Waals surface area contributed by atoms with E-state index in [1.165, 1.54) is 0 Å². The molecule has 1 heterocycles. The van der Waals surface area contributed by atoms with Gasteiger partial charge >= 0.3 is 0 Å². The molecule has 0 N–H and O–H groups in total. The van der Waals surface area contributed by atoms with Crippen molar-refractivity contribution in [1.29, 1.82) is 0 Å². The number of hydrogen-bond donors (Lipinski definition) is 0. The standard InChI is InChI=1S/C11H12BrN3O/c1-7-13-14-11(15(7)2)9-6-8(12)4-5-10(9)16-3/h4-6H,1-3H3. The van der Waals surface area contributed by atoms with Crippen molar-refractivity contribution in [1.82, 2.24) is 14.8 Å². The van der Waals surface area contributed by atoms with E-state index in [0.717, 1.165) is 27.4 Å². The minimum Gasteiger partial charge on any atom is -0.496 e. The van der Waals surface area contributed by atoms with Crippen LogP contribution in [0, 0.1) is 6.92 Å². The molecule has 0 fully saturated rings. The maximum atomic E-state index is 5.32. The van der Waals surface area contributed by atoms with E-state index in [-0.39, 0.29) is 0 Å². The van der Waals surface area contributed by atoms with Gasteiger partial charge in [0.15, 0.2) is 5.82 Å². The van der Waals surface area contributed by atoms with E-state index in [1.807, 2.05) is 36.7 Å². The van der Waals surface area contributed by atoms with E-state index in [0.29, 0.717) is 0 Å². The van der Waals surface area contributed by atoms with Crippen molar-refractivity contribution < 1.29 is 4.74 Å². The number of halogens is 1. The van der Waals surface area contributed by atoms with Crippen LogP contribution in [0.3, 0.4) is 0 Å². The van der Waals surface area contributed by atoms with Gasteiger partial charge in [0.2, 0.25) is 0 Å². The molecular formula is C11H12BrN3O. The largest absolute Gasteiger partial charge is 0.496 e. The molecule has 2 aromatic rings. The first-order valence-corrected chi connectivity index (χ1v) is 5.62. The van der Waals surface area contributed by atoms with Crippen LogP contribution in [-0.4, -0.2) is 21.9 Å². The van der Waals surface area contributed by atoms with Crippen LogP contribution in [0.25, 0.3) is 11.4 Å². The van der Waals surface area contributed by atoms with E-state index in [9.17, 15) is 0 Å². The van der Waals surface area contributed by atoms with E-state index < -0.39 is 0 Å². The van der Waals surface area contributed by atoms with Crippen LogP contribution in [0.4, 0.5) is 0 Å². The van der Waals surface area contributed by atoms with Gasteiger partial charge in [-0.1, -0.05) is 15.9 Å². The second-order valence-electron chi connectivity index (χ2n) is 3.47. The fourth-order valence-electron chi connectivity index (χ4n) is 1.50. The summed E-state index contributed by atoms with van der Waals surface area (Å²) in [7, 11) is 3.58. The summed E-state index contributed by atoms with van der Waals surface area (Å²) in [4.78, 5) is 0. The first-order chi connectivity index (χ1) is 7.63. The summed E-state index contributed by atoms with van der Waals surface area (Å²) in [5, 5.41) is 8.19. The maximum Gasteiger partial charge on any atom is 0.167 e. The highest BCUT2D eigenvalue weighted by molar-refractivity contribution is 9.10. The number of aryl methyl sites for hydroxylation is 1. The van der Waals surface area contributed by atoms with Crippen LogP contribution in [0.1, 0.15) is 5.82 Å². The second kappa shape index (κ2) is 4.25. The molecule has 1 aromatic heterocycles. The Balaban J connectivity index is 2.62. The van der Waals surface area contributed by atoms with Gasteiger partial charge in [0, 0.05) is 11.5 Å². The fourth-order valence-corrected chi connectivity index (χ4v) is 1.86. The Labute approximate surface area is 102 Å². The quantitative estimate of drug-likeness (QED) is 0.850. The molecule has 0 saturated heterocycles.